The van der Waals surface area contributed by atoms with Gasteiger partial charge in [-0.3, -0.25) is 0 Å². The van der Waals surface area contributed by atoms with E-state index in [-0.39, 0.29) is 16.3 Å². The molecule has 128 valence electrons. The second kappa shape index (κ2) is 6.29. The monoisotopic (exact) mass is 366 g/mol. The summed E-state index contributed by atoms with van der Waals surface area (Å²) in [7, 11) is -5.80. The van der Waals surface area contributed by atoms with Crippen LogP contribution < -0.4 is 4.72 Å². The van der Waals surface area contributed by atoms with Gasteiger partial charge in [0.25, 0.3) is 0 Å². The molecule has 0 saturated carbocycles. The minimum absolute atomic E-state index is 0.141. The lowest BCUT2D eigenvalue weighted by atomic mass is 10.0. The van der Waals surface area contributed by atoms with Crippen LogP contribution in [-0.4, -0.2) is 34.7 Å². The normalized spacial score (nSPS) is 15.9. The predicted molar refractivity (Wildman–Crippen MR) is 90.4 cm³/mol. The van der Waals surface area contributed by atoms with Crippen LogP contribution in [0.15, 0.2) is 58.3 Å². The SMILES string of the molecule is CNS(=O)(=O)c1ccc2c(c1)CN(S(=O)(=O)c1ccccc1)CC2. The highest BCUT2D eigenvalue weighted by molar-refractivity contribution is 7.89. The van der Waals surface area contributed by atoms with Crippen molar-refractivity contribution in [3.63, 3.8) is 0 Å². The lowest BCUT2D eigenvalue weighted by Gasteiger charge is -2.28. The minimum Gasteiger partial charge on any atom is -0.214 e. The Balaban J connectivity index is 1.96. The number of hydrogen-bond donors (Lipinski definition) is 1. The molecular formula is C16H18N2O4S2. The fraction of sp³-hybridized carbons (Fsp3) is 0.250. The van der Waals surface area contributed by atoms with Crippen LogP contribution in [0.25, 0.3) is 0 Å². The van der Waals surface area contributed by atoms with E-state index < -0.39 is 20.0 Å². The number of fused-ring (bicyclic) bond motifs is 1. The van der Waals surface area contributed by atoms with Gasteiger partial charge in [0.15, 0.2) is 0 Å². The van der Waals surface area contributed by atoms with Crippen LogP contribution in [0, 0.1) is 0 Å². The maximum Gasteiger partial charge on any atom is 0.243 e. The molecule has 0 saturated heterocycles. The maximum atomic E-state index is 12.7. The van der Waals surface area contributed by atoms with Crippen LogP contribution in [0.1, 0.15) is 11.1 Å². The van der Waals surface area contributed by atoms with Crippen LogP contribution in [0.4, 0.5) is 0 Å². The Hall–Kier alpha value is -1.74. The van der Waals surface area contributed by atoms with Gasteiger partial charge >= 0.3 is 0 Å². The summed E-state index contributed by atoms with van der Waals surface area (Å²) in [6.07, 6.45) is 0.557. The van der Waals surface area contributed by atoms with Crippen LogP contribution in [-0.2, 0) is 33.0 Å². The van der Waals surface area contributed by atoms with E-state index in [1.165, 1.54) is 11.4 Å². The van der Waals surface area contributed by atoms with E-state index in [1.54, 1.807) is 48.5 Å². The van der Waals surface area contributed by atoms with Gasteiger partial charge in [-0.2, -0.15) is 4.31 Å². The topological polar surface area (TPSA) is 83.6 Å². The molecule has 0 aromatic heterocycles. The zero-order valence-electron chi connectivity index (χ0n) is 13.1. The second-order valence-corrected chi connectivity index (χ2v) is 9.36. The summed E-state index contributed by atoms with van der Waals surface area (Å²) in [5, 5.41) is 0. The van der Waals surface area contributed by atoms with Crippen molar-refractivity contribution in [3.8, 4) is 0 Å². The van der Waals surface area contributed by atoms with Gasteiger partial charge in [-0.05, 0) is 48.9 Å². The minimum atomic E-state index is -3.59. The van der Waals surface area contributed by atoms with E-state index in [0.717, 1.165) is 11.1 Å². The van der Waals surface area contributed by atoms with Crippen LogP contribution in [0.5, 0.6) is 0 Å². The number of nitrogens with zero attached hydrogens (tertiary/aromatic N) is 1. The molecule has 0 amide bonds. The third-order valence-electron chi connectivity index (χ3n) is 4.11. The third kappa shape index (κ3) is 3.10. The number of benzene rings is 2. The zero-order chi connectivity index (χ0) is 17.4. The van der Waals surface area contributed by atoms with Crippen molar-refractivity contribution >= 4 is 20.0 Å². The molecule has 3 rings (SSSR count). The van der Waals surface area contributed by atoms with Crippen molar-refractivity contribution in [3.05, 3.63) is 59.7 Å². The lowest BCUT2D eigenvalue weighted by Crippen LogP contribution is -2.36. The fourth-order valence-corrected chi connectivity index (χ4v) is 4.96. The summed E-state index contributed by atoms with van der Waals surface area (Å²) >= 11 is 0. The Morgan fingerprint density at radius 1 is 0.917 bits per heavy atom. The molecule has 0 atom stereocenters. The molecule has 0 radical (unpaired) electrons. The number of rotatable bonds is 4. The molecule has 24 heavy (non-hydrogen) atoms. The molecule has 0 spiro atoms. The molecule has 0 unspecified atom stereocenters. The largest absolute Gasteiger partial charge is 0.243 e. The van der Waals surface area contributed by atoms with Gasteiger partial charge in [-0.1, -0.05) is 24.3 Å². The van der Waals surface area contributed by atoms with Crippen molar-refractivity contribution in [2.75, 3.05) is 13.6 Å². The third-order valence-corrected chi connectivity index (χ3v) is 7.39. The molecule has 0 fully saturated rings. The number of hydrogen-bond acceptors (Lipinski definition) is 4. The first kappa shape index (κ1) is 17.1. The van der Waals surface area contributed by atoms with Gasteiger partial charge in [0.2, 0.25) is 20.0 Å². The van der Waals surface area contributed by atoms with Gasteiger partial charge in [0.05, 0.1) is 9.79 Å². The Labute approximate surface area is 142 Å². The Morgan fingerprint density at radius 2 is 1.62 bits per heavy atom. The first-order valence-electron chi connectivity index (χ1n) is 7.45. The Bertz CT molecular complexity index is 955. The van der Waals surface area contributed by atoms with Crippen LogP contribution in [0.3, 0.4) is 0 Å². The molecule has 1 aliphatic heterocycles. The van der Waals surface area contributed by atoms with Gasteiger partial charge in [0, 0.05) is 13.1 Å². The lowest BCUT2D eigenvalue weighted by molar-refractivity contribution is 0.391. The van der Waals surface area contributed by atoms with E-state index in [9.17, 15) is 16.8 Å². The van der Waals surface area contributed by atoms with E-state index in [1.807, 2.05) is 0 Å². The Kier molecular flexibility index (Phi) is 4.48. The van der Waals surface area contributed by atoms with Crippen molar-refractivity contribution in [2.45, 2.75) is 22.8 Å². The second-order valence-electron chi connectivity index (χ2n) is 5.54. The van der Waals surface area contributed by atoms with Crippen LogP contribution in [0.2, 0.25) is 0 Å². The highest BCUT2D eigenvalue weighted by Gasteiger charge is 2.28. The van der Waals surface area contributed by atoms with E-state index in [4.69, 9.17) is 0 Å². The highest BCUT2D eigenvalue weighted by Crippen LogP contribution is 2.26. The van der Waals surface area contributed by atoms with E-state index in [2.05, 4.69) is 4.72 Å². The summed E-state index contributed by atoms with van der Waals surface area (Å²) < 4.78 is 53.0. The molecule has 8 heteroatoms. The molecule has 0 aliphatic carbocycles. The van der Waals surface area contributed by atoms with Crippen molar-refractivity contribution in [1.29, 1.82) is 0 Å². The molecule has 1 aliphatic rings. The van der Waals surface area contributed by atoms with Gasteiger partial charge in [-0.25, -0.2) is 21.6 Å². The molecular weight excluding hydrogens is 348 g/mol. The van der Waals surface area contributed by atoms with Gasteiger partial charge in [0.1, 0.15) is 0 Å². The number of nitrogens with one attached hydrogen (secondary N) is 1. The van der Waals surface area contributed by atoms with Gasteiger partial charge in [-0.15, -0.1) is 0 Å². The van der Waals surface area contributed by atoms with Crippen molar-refractivity contribution in [1.82, 2.24) is 9.03 Å². The first-order chi connectivity index (χ1) is 11.3. The summed E-state index contributed by atoms with van der Waals surface area (Å²) in [5.41, 5.74) is 1.70. The highest BCUT2D eigenvalue weighted by atomic mass is 32.2. The number of sulfonamides is 2. The molecule has 2 aromatic rings. The molecule has 0 bridgehead atoms. The standard InChI is InChI=1S/C16H18N2O4S2/c1-17-23(19,20)16-8-7-13-9-10-18(12-14(13)11-16)24(21,22)15-5-3-2-4-6-15/h2-8,11,17H,9-10,12H2,1H3. The summed E-state index contributed by atoms with van der Waals surface area (Å²) in [6, 6.07) is 13.1. The van der Waals surface area contributed by atoms with Crippen molar-refractivity contribution < 1.29 is 16.8 Å². The van der Waals surface area contributed by atoms with E-state index >= 15 is 0 Å². The van der Waals surface area contributed by atoms with E-state index in [0.29, 0.717) is 13.0 Å². The first-order valence-corrected chi connectivity index (χ1v) is 10.4. The average Bonchev–Trinajstić information content (AvgIpc) is 2.61. The van der Waals surface area contributed by atoms with Crippen LogP contribution >= 0.6 is 0 Å². The van der Waals surface area contributed by atoms with Crippen molar-refractivity contribution in [2.24, 2.45) is 0 Å². The zero-order valence-corrected chi connectivity index (χ0v) is 14.8. The molecule has 2 aromatic carbocycles. The average molecular weight is 366 g/mol. The molecule has 1 heterocycles. The maximum absolute atomic E-state index is 12.7. The fourth-order valence-electron chi connectivity index (χ4n) is 2.74. The summed E-state index contributed by atoms with van der Waals surface area (Å²) in [5.74, 6) is 0. The quantitative estimate of drug-likeness (QED) is 0.885. The summed E-state index contributed by atoms with van der Waals surface area (Å²) in [6.45, 7) is 0.544. The summed E-state index contributed by atoms with van der Waals surface area (Å²) in [4.78, 5) is 0.384. The molecule has 1 N–H and O–H groups in total. The smallest absolute Gasteiger partial charge is 0.214 e. The predicted octanol–water partition coefficient (Wildman–Crippen LogP) is 1.34. The molecule has 6 nitrogen and oxygen atoms in total. The van der Waals surface area contributed by atoms with Gasteiger partial charge < -0.3 is 0 Å². The Morgan fingerprint density at radius 3 is 2.29 bits per heavy atom.